The molecule has 7 nitrogen and oxygen atoms in total. The summed E-state index contributed by atoms with van der Waals surface area (Å²) in [6, 6.07) is 7.39. The van der Waals surface area contributed by atoms with Crippen LogP contribution < -0.4 is 10.9 Å². The number of anilines is 1. The van der Waals surface area contributed by atoms with E-state index in [0.29, 0.717) is 11.3 Å². The summed E-state index contributed by atoms with van der Waals surface area (Å²) in [6.07, 6.45) is 2.85. The number of pyridine rings is 1. The minimum Gasteiger partial charge on any atom is -0.331 e. The molecular weight excluding hydrogens is 342 g/mol. The molecular formula is C20H25N5O2. The third-order valence-electron chi connectivity index (χ3n) is 4.48. The molecule has 0 aliphatic heterocycles. The van der Waals surface area contributed by atoms with Crippen molar-refractivity contribution in [2.45, 2.75) is 26.8 Å². The maximum absolute atomic E-state index is 12.6. The molecule has 2 aromatic heterocycles. The zero-order valence-corrected chi connectivity index (χ0v) is 16.2. The van der Waals surface area contributed by atoms with E-state index in [4.69, 9.17) is 0 Å². The Hall–Kier alpha value is -2.93. The van der Waals surface area contributed by atoms with Crippen LogP contribution in [-0.2, 0) is 6.54 Å². The summed E-state index contributed by atoms with van der Waals surface area (Å²) in [5.41, 5.74) is 3.59. The zero-order chi connectivity index (χ0) is 19.6. The summed E-state index contributed by atoms with van der Waals surface area (Å²) in [5, 5.41) is 2.80. The largest absolute Gasteiger partial charge is 0.331 e. The number of amides is 1. The van der Waals surface area contributed by atoms with Gasteiger partial charge in [0.25, 0.3) is 11.5 Å². The second kappa shape index (κ2) is 7.75. The highest BCUT2D eigenvalue weighted by Crippen LogP contribution is 2.19. The van der Waals surface area contributed by atoms with Gasteiger partial charge in [0, 0.05) is 17.9 Å². The Balaban J connectivity index is 1.78. The van der Waals surface area contributed by atoms with Gasteiger partial charge >= 0.3 is 0 Å². The molecule has 0 radical (unpaired) electrons. The van der Waals surface area contributed by atoms with Crippen LogP contribution in [0.25, 0.3) is 11.0 Å². The number of carbonyl (C=O) groups excluding carboxylic acids is 1. The average Bonchev–Trinajstić information content (AvgIpc) is 2.96. The van der Waals surface area contributed by atoms with Crippen LogP contribution in [0, 0.1) is 13.8 Å². The maximum Gasteiger partial charge on any atom is 0.261 e. The number of nitrogens with zero attached hydrogens (tertiary/aromatic N) is 3. The highest BCUT2D eigenvalue weighted by molar-refractivity contribution is 6.05. The van der Waals surface area contributed by atoms with E-state index in [2.05, 4.69) is 38.8 Å². The summed E-state index contributed by atoms with van der Waals surface area (Å²) in [5.74, 6) is -0.418. The van der Waals surface area contributed by atoms with Gasteiger partial charge in [-0.3, -0.25) is 9.59 Å². The van der Waals surface area contributed by atoms with Crippen molar-refractivity contribution in [3.8, 4) is 0 Å². The number of hydrogen-bond donors (Lipinski definition) is 2. The lowest BCUT2D eigenvalue weighted by molar-refractivity contribution is 0.102. The van der Waals surface area contributed by atoms with Crippen molar-refractivity contribution in [2.24, 2.45) is 0 Å². The standard InChI is InChI=1S/C20H25N5O2/c1-13-10-14(2)22-19(26)18(13)20(27)23-15-6-7-17-16(11-15)21-12-25(17)9-5-8-24(3)4/h6-7,10-12H,5,8-9H2,1-4H3,(H,22,26)(H,23,27). The van der Waals surface area contributed by atoms with Crippen molar-refractivity contribution in [3.05, 3.63) is 57.8 Å². The minimum atomic E-state index is -0.418. The number of aromatic amines is 1. The Morgan fingerprint density at radius 1 is 1.26 bits per heavy atom. The van der Waals surface area contributed by atoms with E-state index in [-0.39, 0.29) is 11.1 Å². The number of nitrogens with one attached hydrogen (secondary N) is 2. The summed E-state index contributed by atoms with van der Waals surface area (Å²) in [7, 11) is 4.11. The Bertz CT molecular complexity index is 1030. The first-order valence-corrected chi connectivity index (χ1v) is 8.96. The van der Waals surface area contributed by atoms with Gasteiger partial charge in [-0.25, -0.2) is 4.98 Å². The van der Waals surface area contributed by atoms with Gasteiger partial charge in [0.2, 0.25) is 0 Å². The van der Waals surface area contributed by atoms with Crippen LogP contribution in [0.2, 0.25) is 0 Å². The third-order valence-corrected chi connectivity index (χ3v) is 4.48. The van der Waals surface area contributed by atoms with Crippen molar-refractivity contribution < 1.29 is 4.79 Å². The van der Waals surface area contributed by atoms with Gasteiger partial charge in [0.05, 0.1) is 17.4 Å². The summed E-state index contributed by atoms with van der Waals surface area (Å²) < 4.78 is 2.11. The van der Waals surface area contributed by atoms with E-state index < -0.39 is 5.91 Å². The van der Waals surface area contributed by atoms with Crippen LogP contribution in [0.1, 0.15) is 28.0 Å². The monoisotopic (exact) mass is 367 g/mol. The highest BCUT2D eigenvalue weighted by Gasteiger charge is 2.15. The van der Waals surface area contributed by atoms with Crippen LogP contribution in [-0.4, -0.2) is 46.0 Å². The van der Waals surface area contributed by atoms with E-state index >= 15 is 0 Å². The molecule has 0 unspecified atom stereocenters. The molecule has 0 spiro atoms. The quantitative estimate of drug-likeness (QED) is 0.701. The highest BCUT2D eigenvalue weighted by atomic mass is 16.2. The fourth-order valence-electron chi connectivity index (χ4n) is 3.21. The van der Waals surface area contributed by atoms with Crippen LogP contribution in [0.4, 0.5) is 5.69 Å². The summed E-state index contributed by atoms with van der Waals surface area (Å²) in [6.45, 7) is 5.45. The predicted molar refractivity (Wildman–Crippen MR) is 107 cm³/mol. The molecule has 0 bridgehead atoms. The predicted octanol–water partition coefficient (Wildman–Crippen LogP) is 2.55. The summed E-state index contributed by atoms with van der Waals surface area (Å²) in [4.78, 5) is 33.9. The summed E-state index contributed by atoms with van der Waals surface area (Å²) >= 11 is 0. The smallest absolute Gasteiger partial charge is 0.261 e. The first-order valence-electron chi connectivity index (χ1n) is 8.96. The van der Waals surface area contributed by atoms with Gasteiger partial charge < -0.3 is 19.8 Å². The van der Waals surface area contributed by atoms with Crippen molar-refractivity contribution in [2.75, 3.05) is 26.0 Å². The number of fused-ring (bicyclic) bond motifs is 1. The average molecular weight is 367 g/mol. The molecule has 2 heterocycles. The number of carbonyl (C=O) groups is 1. The molecule has 0 saturated carbocycles. The van der Waals surface area contributed by atoms with Gasteiger partial charge in [0.15, 0.2) is 0 Å². The third kappa shape index (κ3) is 4.25. The topological polar surface area (TPSA) is 83.0 Å². The number of hydrogen-bond acceptors (Lipinski definition) is 4. The second-order valence-corrected chi connectivity index (χ2v) is 7.09. The lowest BCUT2D eigenvalue weighted by Gasteiger charge is -2.10. The van der Waals surface area contributed by atoms with Gasteiger partial charge in [-0.05, 0) is 70.7 Å². The lowest BCUT2D eigenvalue weighted by Crippen LogP contribution is -2.25. The van der Waals surface area contributed by atoms with Crippen LogP contribution >= 0.6 is 0 Å². The molecule has 0 fully saturated rings. The minimum absolute atomic E-state index is 0.134. The van der Waals surface area contributed by atoms with Crippen molar-refractivity contribution in [1.82, 2.24) is 19.4 Å². The van der Waals surface area contributed by atoms with Gasteiger partial charge in [-0.1, -0.05) is 0 Å². The van der Waals surface area contributed by atoms with Gasteiger partial charge in [-0.2, -0.15) is 0 Å². The Morgan fingerprint density at radius 2 is 2.04 bits per heavy atom. The van der Waals surface area contributed by atoms with Crippen molar-refractivity contribution >= 4 is 22.6 Å². The Labute approximate surface area is 158 Å². The van der Waals surface area contributed by atoms with Crippen molar-refractivity contribution in [1.29, 1.82) is 0 Å². The fourth-order valence-corrected chi connectivity index (χ4v) is 3.21. The molecule has 2 N–H and O–H groups in total. The van der Waals surface area contributed by atoms with E-state index in [9.17, 15) is 9.59 Å². The number of H-pyrrole nitrogens is 1. The van der Waals surface area contributed by atoms with E-state index in [0.717, 1.165) is 36.2 Å². The molecule has 3 aromatic rings. The number of benzene rings is 1. The molecule has 0 aliphatic rings. The van der Waals surface area contributed by atoms with Crippen LogP contribution in [0.5, 0.6) is 0 Å². The zero-order valence-electron chi connectivity index (χ0n) is 16.2. The lowest BCUT2D eigenvalue weighted by atomic mass is 10.1. The molecule has 3 rings (SSSR count). The first-order chi connectivity index (χ1) is 12.8. The maximum atomic E-state index is 12.6. The normalized spacial score (nSPS) is 11.3. The molecule has 142 valence electrons. The molecule has 0 saturated heterocycles. The molecule has 27 heavy (non-hydrogen) atoms. The van der Waals surface area contributed by atoms with Crippen molar-refractivity contribution in [3.63, 3.8) is 0 Å². The van der Waals surface area contributed by atoms with Crippen LogP contribution in [0.15, 0.2) is 35.4 Å². The molecule has 0 atom stereocenters. The number of aromatic nitrogens is 3. The van der Waals surface area contributed by atoms with Crippen LogP contribution in [0.3, 0.4) is 0 Å². The molecule has 0 aliphatic carbocycles. The molecule has 1 amide bonds. The van der Waals surface area contributed by atoms with E-state index in [1.807, 2.05) is 24.5 Å². The Kier molecular flexibility index (Phi) is 5.41. The number of imidazole rings is 1. The molecule has 1 aromatic carbocycles. The SMILES string of the molecule is Cc1cc(C)c(C(=O)Nc2ccc3c(c2)ncn3CCCN(C)C)c(=O)[nH]1. The Morgan fingerprint density at radius 3 is 2.74 bits per heavy atom. The number of rotatable bonds is 6. The number of aryl methyl sites for hydroxylation is 3. The van der Waals surface area contributed by atoms with Gasteiger partial charge in [0.1, 0.15) is 5.56 Å². The molecule has 7 heteroatoms. The van der Waals surface area contributed by atoms with E-state index in [1.54, 1.807) is 19.9 Å². The van der Waals surface area contributed by atoms with E-state index in [1.165, 1.54) is 0 Å². The first kappa shape index (κ1) is 18.8. The fraction of sp³-hybridized carbons (Fsp3) is 0.350. The van der Waals surface area contributed by atoms with Gasteiger partial charge in [-0.15, -0.1) is 0 Å². The second-order valence-electron chi connectivity index (χ2n) is 7.09.